The average Bonchev–Trinajstić information content (AvgIpc) is 3.28. The fraction of sp³-hybridized carbons (Fsp3) is 0.483. The number of nitrogen functional groups attached to an aromatic ring is 1. The molecule has 0 saturated carbocycles. The standard InChI is InChI=1S/C29H40N6/c1-7-28(4,5)21-10-12-25(24(30)18-21)34(9-3)32-14-16-33(17-15-32)35-20-31-27-22-19-29(6,8-2)23(22)11-13-26(27)35/h9-13,18,20H,3,7-8,14-17,19,30H2,1-2,4-6H3. The summed E-state index contributed by atoms with van der Waals surface area (Å²) in [5.41, 5.74) is 15.4. The second-order valence-corrected chi connectivity index (χ2v) is 11.1. The third-order valence-corrected chi connectivity index (χ3v) is 8.76. The van der Waals surface area contributed by atoms with Gasteiger partial charge < -0.3 is 10.7 Å². The highest BCUT2D eigenvalue weighted by atomic mass is 15.7. The van der Waals surface area contributed by atoms with Crippen molar-refractivity contribution in [3.8, 4) is 0 Å². The molecule has 0 bridgehead atoms. The minimum atomic E-state index is 0.112. The number of hydrogen-bond acceptors (Lipinski definition) is 5. The molecule has 1 aliphatic heterocycles. The van der Waals surface area contributed by atoms with Gasteiger partial charge in [-0.05, 0) is 65.0 Å². The quantitative estimate of drug-likeness (QED) is 0.470. The van der Waals surface area contributed by atoms with Gasteiger partial charge in [0.25, 0.3) is 0 Å². The normalized spacial score (nSPS) is 20.5. The Balaban J connectivity index is 1.32. The fourth-order valence-electron chi connectivity index (χ4n) is 5.66. The molecular weight excluding hydrogens is 432 g/mol. The molecule has 6 heteroatoms. The van der Waals surface area contributed by atoms with Crippen LogP contribution >= 0.6 is 0 Å². The molecule has 2 aliphatic rings. The molecule has 1 saturated heterocycles. The van der Waals surface area contributed by atoms with E-state index in [4.69, 9.17) is 10.7 Å². The fourth-order valence-corrected chi connectivity index (χ4v) is 5.66. The molecule has 2 N–H and O–H groups in total. The van der Waals surface area contributed by atoms with Gasteiger partial charge in [0, 0.05) is 32.4 Å². The van der Waals surface area contributed by atoms with Crippen molar-refractivity contribution in [2.75, 3.05) is 41.9 Å². The molecule has 2 aromatic carbocycles. The molecule has 6 nitrogen and oxygen atoms in total. The molecular formula is C29H40N6. The van der Waals surface area contributed by atoms with E-state index < -0.39 is 0 Å². The van der Waals surface area contributed by atoms with E-state index in [1.165, 1.54) is 34.1 Å². The maximum absolute atomic E-state index is 6.54. The summed E-state index contributed by atoms with van der Waals surface area (Å²) in [6.45, 7) is 19.1. The SMILES string of the molecule is C=CN(c1ccc(C(C)(C)CC)cc1N)N1CCN(n2cnc3c4c(ccc32)C(C)(CC)C4)CC1. The second-order valence-electron chi connectivity index (χ2n) is 11.1. The number of hydrogen-bond donors (Lipinski definition) is 1. The van der Waals surface area contributed by atoms with Gasteiger partial charge in [0.05, 0.1) is 22.4 Å². The number of nitrogens with two attached hydrogens (primary N) is 1. The van der Waals surface area contributed by atoms with E-state index >= 15 is 0 Å². The average molecular weight is 473 g/mol. The molecule has 0 spiro atoms. The maximum Gasteiger partial charge on any atom is 0.116 e. The number of nitrogens with zero attached hydrogens (tertiary/aromatic N) is 5. The molecule has 3 aromatic rings. The zero-order valence-electron chi connectivity index (χ0n) is 22.0. The largest absolute Gasteiger partial charge is 0.397 e. The Bertz CT molecular complexity index is 1250. The van der Waals surface area contributed by atoms with Crippen LogP contribution in [0, 0.1) is 0 Å². The zero-order valence-corrected chi connectivity index (χ0v) is 22.0. The number of rotatable bonds is 7. The van der Waals surface area contributed by atoms with Crippen molar-refractivity contribution >= 4 is 22.4 Å². The molecule has 35 heavy (non-hydrogen) atoms. The van der Waals surface area contributed by atoms with E-state index in [1.807, 2.05) is 12.5 Å². The molecule has 0 radical (unpaired) electrons. The summed E-state index contributed by atoms with van der Waals surface area (Å²) >= 11 is 0. The molecule has 1 atom stereocenters. The number of imidazole rings is 1. The van der Waals surface area contributed by atoms with E-state index in [9.17, 15) is 0 Å². The van der Waals surface area contributed by atoms with Crippen molar-refractivity contribution < 1.29 is 0 Å². The monoisotopic (exact) mass is 472 g/mol. The molecule has 5 rings (SSSR count). The van der Waals surface area contributed by atoms with E-state index in [1.54, 1.807) is 0 Å². The van der Waals surface area contributed by atoms with Crippen molar-refractivity contribution in [2.45, 2.75) is 64.7 Å². The van der Waals surface area contributed by atoms with Gasteiger partial charge in [-0.15, -0.1) is 0 Å². The second kappa shape index (κ2) is 8.59. The predicted octanol–water partition coefficient (Wildman–Crippen LogP) is 5.35. The molecule has 1 aliphatic carbocycles. The van der Waals surface area contributed by atoms with Gasteiger partial charge in [-0.2, -0.15) is 0 Å². The van der Waals surface area contributed by atoms with Gasteiger partial charge in [0.15, 0.2) is 0 Å². The van der Waals surface area contributed by atoms with Crippen molar-refractivity contribution in [2.24, 2.45) is 0 Å². The first-order valence-corrected chi connectivity index (χ1v) is 13.0. The third kappa shape index (κ3) is 3.79. The van der Waals surface area contributed by atoms with Crippen LogP contribution in [0.3, 0.4) is 0 Å². The number of piperazine rings is 1. The van der Waals surface area contributed by atoms with Crippen LogP contribution in [0.5, 0.6) is 0 Å². The van der Waals surface area contributed by atoms with Crippen molar-refractivity contribution in [3.05, 3.63) is 66.1 Å². The lowest BCUT2D eigenvalue weighted by molar-refractivity contribution is 0.241. The van der Waals surface area contributed by atoms with Crippen LogP contribution in [0.15, 0.2) is 49.4 Å². The number of benzene rings is 2. The number of hydrazine groups is 1. The van der Waals surface area contributed by atoms with E-state index in [2.05, 4.69) is 91.2 Å². The molecule has 1 unspecified atom stereocenters. The summed E-state index contributed by atoms with van der Waals surface area (Å²) in [6, 6.07) is 11.1. The van der Waals surface area contributed by atoms with E-state index in [0.717, 1.165) is 50.4 Å². The Hall–Kier alpha value is -2.99. The number of fused-ring (bicyclic) bond motifs is 3. The Morgan fingerprint density at radius 3 is 2.51 bits per heavy atom. The Morgan fingerprint density at radius 1 is 1.14 bits per heavy atom. The van der Waals surface area contributed by atoms with Crippen LogP contribution < -0.4 is 15.8 Å². The highest BCUT2D eigenvalue weighted by Gasteiger charge is 2.39. The summed E-state index contributed by atoms with van der Waals surface area (Å²) in [7, 11) is 0. The predicted molar refractivity (Wildman–Crippen MR) is 147 cm³/mol. The van der Waals surface area contributed by atoms with Crippen molar-refractivity contribution in [1.82, 2.24) is 14.7 Å². The first kappa shape index (κ1) is 23.7. The van der Waals surface area contributed by atoms with Gasteiger partial charge in [-0.3, -0.25) is 5.01 Å². The van der Waals surface area contributed by atoms with Gasteiger partial charge in [0.2, 0.25) is 0 Å². The lowest BCUT2D eigenvalue weighted by Crippen LogP contribution is -2.55. The van der Waals surface area contributed by atoms with Gasteiger partial charge in [-0.1, -0.05) is 53.3 Å². The van der Waals surface area contributed by atoms with Crippen LogP contribution in [0.2, 0.25) is 0 Å². The van der Waals surface area contributed by atoms with Crippen LogP contribution in [-0.2, 0) is 17.3 Å². The molecule has 0 amide bonds. The summed E-state index contributed by atoms with van der Waals surface area (Å²) in [4.78, 5) is 4.83. The van der Waals surface area contributed by atoms with Crippen LogP contribution in [0.4, 0.5) is 11.4 Å². The first-order valence-electron chi connectivity index (χ1n) is 13.0. The Morgan fingerprint density at radius 2 is 1.89 bits per heavy atom. The maximum atomic E-state index is 6.54. The number of anilines is 2. The van der Waals surface area contributed by atoms with Crippen molar-refractivity contribution in [1.29, 1.82) is 0 Å². The zero-order chi connectivity index (χ0) is 25.0. The summed E-state index contributed by atoms with van der Waals surface area (Å²) in [5, 5.41) is 6.85. The Labute approximate surface area is 210 Å². The van der Waals surface area contributed by atoms with E-state index in [-0.39, 0.29) is 5.41 Å². The summed E-state index contributed by atoms with van der Waals surface area (Å²) < 4.78 is 2.25. The van der Waals surface area contributed by atoms with Crippen LogP contribution in [0.25, 0.3) is 11.0 Å². The smallest absolute Gasteiger partial charge is 0.116 e. The van der Waals surface area contributed by atoms with Gasteiger partial charge >= 0.3 is 0 Å². The van der Waals surface area contributed by atoms with Crippen LogP contribution in [0.1, 0.15) is 64.2 Å². The highest BCUT2D eigenvalue weighted by molar-refractivity contribution is 5.83. The topological polar surface area (TPSA) is 53.6 Å². The summed E-state index contributed by atoms with van der Waals surface area (Å²) in [5.74, 6) is 0. The van der Waals surface area contributed by atoms with Crippen LogP contribution in [-0.4, -0.2) is 40.8 Å². The summed E-state index contributed by atoms with van der Waals surface area (Å²) in [6.07, 6.45) is 7.26. The van der Waals surface area contributed by atoms with Gasteiger partial charge in [0.1, 0.15) is 6.33 Å². The minimum absolute atomic E-state index is 0.112. The lowest BCUT2D eigenvalue weighted by Gasteiger charge is -2.42. The lowest BCUT2D eigenvalue weighted by atomic mass is 9.63. The number of aromatic nitrogens is 2. The molecule has 1 fully saturated rings. The van der Waals surface area contributed by atoms with E-state index in [0.29, 0.717) is 5.41 Å². The first-order chi connectivity index (χ1) is 16.7. The molecule has 186 valence electrons. The molecule has 2 heterocycles. The highest BCUT2D eigenvalue weighted by Crippen LogP contribution is 2.46. The minimum Gasteiger partial charge on any atom is -0.397 e. The Kier molecular flexibility index (Phi) is 5.83. The molecule has 1 aromatic heterocycles. The third-order valence-electron chi connectivity index (χ3n) is 8.76. The van der Waals surface area contributed by atoms with Crippen molar-refractivity contribution in [3.63, 3.8) is 0 Å². The van der Waals surface area contributed by atoms with Gasteiger partial charge in [-0.25, -0.2) is 14.7 Å².